The predicted molar refractivity (Wildman–Crippen MR) is 94.7 cm³/mol. The van der Waals surface area contributed by atoms with Crippen molar-refractivity contribution < 1.29 is 4.79 Å². The van der Waals surface area contributed by atoms with Gasteiger partial charge in [-0.15, -0.1) is 0 Å². The summed E-state index contributed by atoms with van der Waals surface area (Å²) in [7, 11) is 0. The third-order valence-electron chi connectivity index (χ3n) is 4.67. The average Bonchev–Trinajstić information content (AvgIpc) is 2.85. The van der Waals surface area contributed by atoms with E-state index in [1.807, 2.05) is 38.1 Å². The van der Waals surface area contributed by atoms with Crippen LogP contribution in [0.5, 0.6) is 0 Å². The van der Waals surface area contributed by atoms with Crippen molar-refractivity contribution in [2.24, 2.45) is 11.1 Å². The second-order valence-electron chi connectivity index (χ2n) is 6.82. The Kier molecular flexibility index (Phi) is 4.07. The van der Waals surface area contributed by atoms with Crippen LogP contribution in [0.1, 0.15) is 37.3 Å². The Morgan fingerprint density at radius 1 is 1.17 bits per heavy atom. The molecule has 0 spiro atoms. The molecule has 0 aromatic heterocycles. The molecular weight excluding hydrogens is 308 g/mol. The van der Waals surface area contributed by atoms with Gasteiger partial charge in [0, 0.05) is 28.1 Å². The standard InChI is InChI=1S/C19H21ClN2O/c1-19(2,18(21)23)11-16-17(12-7-9-13(20)10-8-12)14-5-3-4-6-15(14)22-16/h3-10,16-17,22H,11H2,1-2H3,(H2,21,23). The Bertz CT molecular complexity index is 724. The van der Waals surface area contributed by atoms with E-state index >= 15 is 0 Å². The van der Waals surface area contributed by atoms with Crippen molar-refractivity contribution in [2.75, 3.05) is 5.32 Å². The Labute approximate surface area is 141 Å². The van der Waals surface area contributed by atoms with Gasteiger partial charge in [0.05, 0.1) is 0 Å². The molecule has 2 atom stereocenters. The number of halogens is 1. The van der Waals surface area contributed by atoms with Crippen LogP contribution in [-0.2, 0) is 4.79 Å². The minimum atomic E-state index is -0.565. The molecule has 1 aliphatic rings. The molecule has 23 heavy (non-hydrogen) atoms. The van der Waals surface area contributed by atoms with Gasteiger partial charge >= 0.3 is 0 Å². The van der Waals surface area contributed by atoms with Crippen molar-refractivity contribution in [1.82, 2.24) is 0 Å². The molecule has 0 radical (unpaired) electrons. The van der Waals surface area contributed by atoms with Crippen LogP contribution in [0.4, 0.5) is 5.69 Å². The first kappa shape index (κ1) is 15.9. The summed E-state index contributed by atoms with van der Waals surface area (Å²) >= 11 is 6.03. The van der Waals surface area contributed by atoms with Crippen LogP contribution in [-0.4, -0.2) is 11.9 Å². The zero-order valence-corrected chi connectivity index (χ0v) is 14.1. The van der Waals surface area contributed by atoms with Gasteiger partial charge in [0.2, 0.25) is 5.91 Å². The lowest BCUT2D eigenvalue weighted by atomic mass is 9.78. The van der Waals surface area contributed by atoms with Crippen LogP contribution in [0.2, 0.25) is 5.02 Å². The number of carbonyl (C=O) groups excluding carboxylic acids is 1. The highest BCUT2D eigenvalue weighted by Gasteiger charge is 2.38. The zero-order valence-electron chi connectivity index (χ0n) is 13.3. The van der Waals surface area contributed by atoms with E-state index in [1.54, 1.807) is 0 Å². The van der Waals surface area contributed by atoms with Gasteiger partial charge in [-0.05, 0) is 35.7 Å². The summed E-state index contributed by atoms with van der Waals surface area (Å²) in [6, 6.07) is 16.3. The number of fused-ring (bicyclic) bond motifs is 1. The van der Waals surface area contributed by atoms with Crippen LogP contribution in [0.15, 0.2) is 48.5 Å². The minimum Gasteiger partial charge on any atom is -0.381 e. The molecule has 2 aromatic rings. The van der Waals surface area contributed by atoms with E-state index in [4.69, 9.17) is 17.3 Å². The molecule has 3 N–H and O–H groups in total. The number of hydrogen-bond acceptors (Lipinski definition) is 2. The van der Waals surface area contributed by atoms with Crippen LogP contribution < -0.4 is 11.1 Å². The number of para-hydroxylation sites is 1. The summed E-state index contributed by atoms with van der Waals surface area (Å²) < 4.78 is 0. The van der Waals surface area contributed by atoms with Gasteiger partial charge < -0.3 is 11.1 Å². The van der Waals surface area contributed by atoms with Gasteiger partial charge in [-0.2, -0.15) is 0 Å². The highest BCUT2D eigenvalue weighted by atomic mass is 35.5. The molecule has 120 valence electrons. The molecule has 0 bridgehead atoms. The number of nitrogens with two attached hydrogens (primary N) is 1. The van der Waals surface area contributed by atoms with Crippen molar-refractivity contribution in [3.63, 3.8) is 0 Å². The van der Waals surface area contributed by atoms with Gasteiger partial charge in [0.1, 0.15) is 0 Å². The third kappa shape index (κ3) is 3.06. The average molecular weight is 329 g/mol. The molecule has 1 heterocycles. The summed E-state index contributed by atoms with van der Waals surface area (Å²) in [5.41, 5.74) is 8.57. The van der Waals surface area contributed by atoms with Gasteiger partial charge in [-0.25, -0.2) is 0 Å². The maximum atomic E-state index is 11.7. The third-order valence-corrected chi connectivity index (χ3v) is 4.92. The minimum absolute atomic E-state index is 0.121. The number of hydrogen-bond donors (Lipinski definition) is 2. The van der Waals surface area contributed by atoms with Crippen molar-refractivity contribution >= 4 is 23.2 Å². The van der Waals surface area contributed by atoms with E-state index in [2.05, 4.69) is 29.6 Å². The lowest BCUT2D eigenvalue weighted by molar-refractivity contribution is -0.126. The highest BCUT2D eigenvalue weighted by molar-refractivity contribution is 6.30. The number of benzene rings is 2. The van der Waals surface area contributed by atoms with Gasteiger partial charge in [-0.1, -0.05) is 55.8 Å². The Morgan fingerprint density at radius 2 is 1.83 bits per heavy atom. The van der Waals surface area contributed by atoms with E-state index < -0.39 is 5.41 Å². The molecule has 4 heteroatoms. The van der Waals surface area contributed by atoms with Crippen LogP contribution in [0.25, 0.3) is 0 Å². The first-order valence-corrected chi connectivity index (χ1v) is 8.17. The van der Waals surface area contributed by atoms with E-state index in [9.17, 15) is 4.79 Å². The lowest BCUT2D eigenvalue weighted by Crippen LogP contribution is -2.37. The number of anilines is 1. The maximum Gasteiger partial charge on any atom is 0.223 e. The Morgan fingerprint density at radius 3 is 2.48 bits per heavy atom. The fourth-order valence-corrected chi connectivity index (χ4v) is 3.43. The molecule has 3 rings (SSSR count). The molecule has 2 unspecified atom stereocenters. The second-order valence-corrected chi connectivity index (χ2v) is 7.26. The zero-order chi connectivity index (χ0) is 16.6. The molecule has 0 saturated heterocycles. The van der Waals surface area contributed by atoms with E-state index in [1.165, 1.54) is 11.1 Å². The molecule has 1 amide bonds. The normalized spacial score (nSPS) is 20.0. The summed E-state index contributed by atoms with van der Waals surface area (Å²) in [5, 5.41) is 4.29. The Balaban J connectivity index is 1.99. The monoisotopic (exact) mass is 328 g/mol. The highest BCUT2D eigenvalue weighted by Crippen LogP contribution is 2.44. The molecule has 1 aliphatic heterocycles. The van der Waals surface area contributed by atoms with Crippen molar-refractivity contribution in [1.29, 1.82) is 0 Å². The number of amides is 1. The number of carbonyl (C=O) groups is 1. The first-order chi connectivity index (χ1) is 10.9. The largest absolute Gasteiger partial charge is 0.381 e. The molecule has 0 saturated carbocycles. The molecule has 2 aromatic carbocycles. The maximum absolute atomic E-state index is 11.7. The fourth-order valence-electron chi connectivity index (χ4n) is 3.30. The van der Waals surface area contributed by atoms with E-state index in [0.29, 0.717) is 6.42 Å². The number of primary amides is 1. The number of nitrogens with one attached hydrogen (secondary N) is 1. The topological polar surface area (TPSA) is 55.1 Å². The smallest absolute Gasteiger partial charge is 0.223 e. The van der Waals surface area contributed by atoms with Crippen molar-refractivity contribution in [3.05, 3.63) is 64.7 Å². The van der Waals surface area contributed by atoms with E-state index in [0.717, 1.165) is 10.7 Å². The fraction of sp³-hybridized carbons (Fsp3) is 0.316. The van der Waals surface area contributed by atoms with E-state index in [-0.39, 0.29) is 17.9 Å². The summed E-state index contributed by atoms with van der Waals surface area (Å²) in [5.74, 6) is -0.0906. The summed E-state index contributed by atoms with van der Waals surface area (Å²) in [6.45, 7) is 3.80. The quantitative estimate of drug-likeness (QED) is 0.885. The van der Waals surface area contributed by atoms with Crippen molar-refractivity contribution in [3.8, 4) is 0 Å². The van der Waals surface area contributed by atoms with Crippen molar-refractivity contribution in [2.45, 2.75) is 32.2 Å². The molecule has 3 nitrogen and oxygen atoms in total. The first-order valence-electron chi connectivity index (χ1n) is 7.79. The van der Waals surface area contributed by atoms with Crippen LogP contribution in [0.3, 0.4) is 0 Å². The lowest BCUT2D eigenvalue weighted by Gasteiger charge is -2.29. The van der Waals surface area contributed by atoms with Crippen LogP contribution in [0, 0.1) is 5.41 Å². The van der Waals surface area contributed by atoms with Gasteiger partial charge in [-0.3, -0.25) is 4.79 Å². The SMILES string of the molecule is CC(C)(CC1Nc2ccccc2C1c1ccc(Cl)cc1)C(N)=O. The molecule has 0 aliphatic carbocycles. The summed E-state index contributed by atoms with van der Waals surface area (Å²) in [4.78, 5) is 11.7. The summed E-state index contributed by atoms with van der Waals surface area (Å²) in [6.07, 6.45) is 0.671. The predicted octanol–water partition coefficient (Wildman–Crippen LogP) is 4.17. The van der Waals surface area contributed by atoms with Crippen LogP contribution >= 0.6 is 11.6 Å². The second kappa shape index (κ2) is 5.89. The van der Waals surface area contributed by atoms with Gasteiger partial charge in [0.15, 0.2) is 0 Å². The Hall–Kier alpha value is -2.00. The molecular formula is C19H21ClN2O. The van der Waals surface area contributed by atoms with Gasteiger partial charge in [0.25, 0.3) is 0 Å². The number of rotatable bonds is 4. The molecule has 0 fully saturated rings.